The molecule has 2 amide bonds. The molecular weight excluding hydrogens is 406 g/mol. The van der Waals surface area contributed by atoms with Crippen molar-refractivity contribution in [2.24, 2.45) is 0 Å². The van der Waals surface area contributed by atoms with E-state index >= 15 is 0 Å². The van der Waals surface area contributed by atoms with E-state index < -0.39 is 6.04 Å². The lowest BCUT2D eigenvalue weighted by Gasteiger charge is -2.23. The van der Waals surface area contributed by atoms with Crippen LogP contribution in [0.2, 0.25) is 5.02 Å². The summed E-state index contributed by atoms with van der Waals surface area (Å²) in [7, 11) is 0. The molecular formula is C22H22ClN3O2S. The second-order valence-electron chi connectivity index (χ2n) is 6.72. The van der Waals surface area contributed by atoms with Crippen molar-refractivity contribution >= 4 is 46.4 Å². The highest BCUT2D eigenvalue weighted by Crippen LogP contribution is 2.22. The highest BCUT2D eigenvalue weighted by atomic mass is 35.5. The molecule has 1 fully saturated rings. The molecule has 29 heavy (non-hydrogen) atoms. The van der Waals surface area contributed by atoms with Crippen LogP contribution in [-0.2, 0) is 16.0 Å². The number of thiocarbonyl (C=S) groups is 1. The first-order valence-electron chi connectivity index (χ1n) is 9.32. The molecule has 150 valence electrons. The maximum atomic E-state index is 12.9. The van der Waals surface area contributed by atoms with Crippen molar-refractivity contribution in [2.75, 3.05) is 18.4 Å². The number of anilines is 1. The molecule has 0 radical (unpaired) electrons. The number of hydrogen-bond acceptors (Lipinski definition) is 3. The van der Waals surface area contributed by atoms with Crippen molar-refractivity contribution in [1.29, 1.82) is 0 Å². The molecule has 3 rings (SSSR count). The van der Waals surface area contributed by atoms with Crippen LogP contribution >= 0.6 is 23.8 Å². The summed E-state index contributed by atoms with van der Waals surface area (Å²) in [5.41, 5.74) is 1.78. The first kappa shape index (κ1) is 21.0. The van der Waals surface area contributed by atoms with Crippen molar-refractivity contribution in [3.63, 3.8) is 0 Å². The zero-order valence-electron chi connectivity index (χ0n) is 15.9. The summed E-state index contributed by atoms with van der Waals surface area (Å²) >= 11 is 11.4. The summed E-state index contributed by atoms with van der Waals surface area (Å²) < 4.78 is 0. The van der Waals surface area contributed by atoms with E-state index in [0.717, 1.165) is 12.0 Å². The Morgan fingerprint density at radius 2 is 1.86 bits per heavy atom. The fourth-order valence-electron chi connectivity index (χ4n) is 3.26. The Hall–Kier alpha value is -2.70. The van der Waals surface area contributed by atoms with Crippen LogP contribution in [0.3, 0.4) is 0 Å². The van der Waals surface area contributed by atoms with Crippen molar-refractivity contribution in [3.8, 4) is 0 Å². The monoisotopic (exact) mass is 427 g/mol. The Labute approximate surface area is 180 Å². The van der Waals surface area contributed by atoms with Gasteiger partial charge in [0.25, 0.3) is 5.91 Å². The van der Waals surface area contributed by atoms with E-state index in [2.05, 4.69) is 11.9 Å². The van der Waals surface area contributed by atoms with Gasteiger partial charge in [-0.1, -0.05) is 48.0 Å². The van der Waals surface area contributed by atoms with Gasteiger partial charge in [-0.25, -0.2) is 0 Å². The molecule has 1 aliphatic rings. The molecule has 1 N–H and O–H groups in total. The minimum absolute atomic E-state index is 0.0179. The third kappa shape index (κ3) is 5.22. The van der Waals surface area contributed by atoms with Gasteiger partial charge in [0.1, 0.15) is 6.04 Å². The Kier molecular flexibility index (Phi) is 7.01. The van der Waals surface area contributed by atoms with Crippen LogP contribution in [0.4, 0.5) is 5.69 Å². The standard InChI is InChI=1S/C22H22ClN3O2S/c1-2-13-26-21(28)19(15-20(27)24-18-10-8-17(23)9-11-18)25(22(26)29)14-12-16-6-4-3-5-7-16/h2-11,19H,1,12-15H2,(H,24,27). The van der Waals surface area contributed by atoms with Gasteiger partial charge in [0.2, 0.25) is 5.91 Å². The average Bonchev–Trinajstić information content (AvgIpc) is 2.93. The molecule has 2 aromatic rings. The van der Waals surface area contributed by atoms with Crippen LogP contribution in [0, 0.1) is 0 Å². The Morgan fingerprint density at radius 3 is 2.52 bits per heavy atom. The topological polar surface area (TPSA) is 52.7 Å². The maximum Gasteiger partial charge on any atom is 0.252 e. The number of benzene rings is 2. The Balaban J connectivity index is 1.71. The number of carbonyl (C=O) groups is 2. The molecule has 0 bridgehead atoms. The molecule has 1 aliphatic heterocycles. The van der Waals surface area contributed by atoms with Crippen LogP contribution in [0.25, 0.3) is 0 Å². The van der Waals surface area contributed by atoms with E-state index in [0.29, 0.717) is 28.9 Å². The number of amides is 2. The van der Waals surface area contributed by atoms with Gasteiger partial charge in [-0.3, -0.25) is 14.5 Å². The molecule has 0 aliphatic carbocycles. The predicted molar refractivity (Wildman–Crippen MR) is 120 cm³/mol. The van der Waals surface area contributed by atoms with E-state index in [-0.39, 0.29) is 18.2 Å². The highest BCUT2D eigenvalue weighted by Gasteiger charge is 2.42. The number of halogens is 1. The third-order valence-corrected chi connectivity index (χ3v) is 5.41. The summed E-state index contributed by atoms with van der Waals surface area (Å²) in [4.78, 5) is 28.8. The number of hydrogen-bond donors (Lipinski definition) is 1. The predicted octanol–water partition coefficient (Wildman–Crippen LogP) is 3.90. The number of nitrogens with zero attached hydrogens (tertiary/aromatic N) is 2. The smallest absolute Gasteiger partial charge is 0.252 e. The Morgan fingerprint density at radius 1 is 1.17 bits per heavy atom. The van der Waals surface area contributed by atoms with E-state index in [4.69, 9.17) is 23.8 Å². The summed E-state index contributed by atoms with van der Waals surface area (Å²) in [6.45, 7) is 4.58. The zero-order chi connectivity index (χ0) is 20.8. The lowest BCUT2D eigenvalue weighted by molar-refractivity contribution is -0.130. The molecule has 0 saturated carbocycles. The number of rotatable bonds is 8. The van der Waals surface area contributed by atoms with Crippen LogP contribution in [0.1, 0.15) is 12.0 Å². The second kappa shape index (κ2) is 9.67. The minimum atomic E-state index is -0.626. The lowest BCUT2D eigenvalue weighted by atomic mass is 10.1. The van der Waals surface area contributed by atoms with Crippen molar-refractivity contribution in [2.45, 2.75) is 18.9 Å². The molecule has 0 spiro atoms. The van der Waals surface area contributed by atoms with Gasteiger partial charge in [-0.15, -0.1) is 6.58 Å². The van der Waals surface area contributed by atoms with Gasteiger partial charge in [0, 0.05) is 23.8 Å². The van der Waals surface area contributed by atoms with Crippen LogP contribution in [0.5, 0.6) is 0 Å². The third-order valence-electron chi connectivity index (χ3n) is 4.71. The van der Waals surface area contributed by atoms with Gasteiger partial charge in [-0.2, -0.15) is 0 Å². The Bertz CT molecular complexity index is 902. The average molecular weight is 428 g/mol. The van der Waals surface area contributed by atoms with Crippen molar-refractivity contribution in [3.05, 3.63) is 77.8 Å². The first-order valence-corrected chi connectivity index (χ1v) is 10.1. The molecule has 1 saturated heterocycles. The van der Waals surface area contributed by atoms with Gasteiger partial charge in [-0.05, 0) is 48.5 Å². The number of carbonyl (C=O) groups excluding carboxylic acids is 2. The highest BCUT2D eigenvalue weighted by molar-refractivity contribution is 7.80. The quantitative estimate of drug-likeness (QED) is 0.513. The van der Waals surface area contributed by atoms with E-state index in [1.807, 2.05) is 35.2 Å². The zero-order valence-corrected chi connectivity index (χ0v) is 17.5. The maximum absolute atomic E-state index is 12.9. The van der Waals surface area contributed by atoms with Gasteiger partial charge in [0.05, 0.1) is 6.42 Å². The second-order valence-corrected chi connectivity index (χ2v) is 7.53. The molecule has 0 aromatic heterocycles. The SMILES string of the molecule is C=CCN1C(=O)C(CC(=O)Nc2ccc(Cl)cc2)N(CCc2ccccc2)C1=S. The molecule has 7 heteroatoms. The normalized spacial score (nSPS) is 16.2. The minimum Gasteiger partial charge on any atom is -0.336 e. The molecule has 5 nitrogen and oxygen atoms in total. The molecule has 1 unspecified atom stereocenters. The summed E-state index contributed by atoms with van der Waals surface area (Å²) in [6.07, 6.45) is 2.38. The van der Waals surface area contributed by atoms with Crippen LogP contribution in [0.15, 0.2) is 67.3 Å². The first-order chi connectivity index (χ1) is 14.0. The number of nitrogens with one attached hydrogen (secondary N) is 1. The summed E-state index contributed by atoms with van der Waals surface area (Å²) in [5, 5.41) is 3.84. The van der Waals surface area contributed by atoms with Crippen LogP contribution < -0.4 is 5.32 Å². The lowest BCUT2D eigenvalue weighted by Crippen LogP contribution is -2.39. The molecule has 2 aromatic carbocycles. The summed E-state index contributed by atoms with van der Waals surface area (Å²) in [5.74, 6) is -0.423. The van der Waals surface area contributed by atoms with Crippen molar-refractivity contribution in [1.82, 2.24) is 9.80 Å². The van der Waals surface area contributed by atoms with Crippen molar-refractivity contribution < 1.29 is 9.59 Å². The fourth-order valence-corrected chi connectivity index (χ4v) is 3.77. The fraction of sp³-hybridized carbons (Fsp3) is 0.227. The van der Waals surface area contributed by atoms with E-state index in [1.54, 1.807) is 30.3 Å². The summed E-state index contributed by atoms with van der Waals surface area (Å²) in [6, 6.07) is 16.2. The van der Waals surface area contributed by atoms with Gasteiger partial charge in [0.15, 0.2) is 5.11 Å². The largest absolute Gasteiger partial charge is 0.336 e. The molecule has 1 heterocycles. The van der Waals surface area contributed by atoms with Gasteiger partial charge < -0.3 is 10.2 Å². The van der Waals surface area contributed by atoms with E-state index in [1.165, 1.54) is 4.90 Å². The van der Waals surface area contributed by atoms with E-state index in [9.17, 15) is 9.59 Å². The van der Waals surface area contributed by atoms with Crippen LogP contribution in [-0.4, -0.2) is 45.9 Å². The van der Waals surface area contributed by atoms with Gasteiger partial charge >= 0.3 is 0 Å². The molecule has 1 atom stereocenters.